The number of benzene rings is 2. The molecule has 3 aromatic rings. The van der Waals surface area contributed by atoms with Crippen molar-refractivity contribution in [3.63, 3.8) is 0 Å². The lowest BCUT2D eigenvalue weighted by Crippen LogP contribution is -2.41. The quantitative estimate of drug-likeness (QED) is 0.514. The Morgan fingerprint density at radius 2 is 1.82 bits per heavy atom. The average molecular weight is 440 g/mol. The topological polar surface area (TPSA) is 37.7 Å². The first-order valence-corrected chi connectivity index (χ1v) is 11.4. The van der Waals surface area contributed by atoms with Crippen LogP contribution in [-0.2, 0) is 17.7 Å². The molecule has 0 saturated carbocycles. The van der Waals surface area contributed by atoms with E-state index in [-0.39, 0.29) is 5.97 Å². The standard InChI is InChI=1S/C28H29N3O2/c1-20-25(18-21-12-14-22(15-13-21)28(32)33-3)24-9-5-7-11-27(24)30(20)16-17-31-26-10-6-4-8-23(26)19-29(31)2/h4-15,19,26H,16-18H2,1-3H3. The Morgan fingerprint density at radius 1 is 1.03 bits per heavy atom. The molecule has 1 aliphatic heterocycles. The van der Waals surface area contributed by atoms with E-state index in [4.69, 9.17) is 4.74 Å². The average Bonchev–Trinajstić information content (AvgIpc) is 3.30. The van der Waals surface area contributed by atoms with Gasteiger partial charge in [-0.25, -0.2) is 9.80 Å². The van der Waals surface area contributed by atoms with Crippen LogP contribution in [0.15, 0.2) is 84.6 Å². The van der Waals surface area contributed by atoms with Gasteiger partial charge in [0.2, 0.25) is 0 Å². The second-order valence-corrected chi connectivity index (χ2v) is 8.65. The Kier molecular flexibility index (Phi) is 5.65. The van der Waals surface area contributed by atoms with Gasteiger partial charge in [-0.05, 0) is 48.2 Å². The molecule has 0 bridgehead atoms. The van der Waals surface area contributed by atoms with E-state index in [1.165, 1.54) is 40.4 Å². The van der Waals surface area contributed by atoms with Crippen molar-refractivity contribution < 1.29 is 9.53 Å². The Balaban J connectivity index is 1.40. The summed E-state index contributed by atoms with van der Waals surface area (Å²) in [7, 11) is 3.53. The van der Waals surface area contributed by atoms with Gasteiger partial charge in [0.25, 0.3) is 0 Å². The van der Waals surface area contributed by atoms with Crippen LogP contribution in [0.3, 0.4) is 0 Å². The molecule has 0 saturated heterocycles. The molecule has 1 aromatic heterocycles. The lowest BCUT2D eigenvalue weighted by Gasteiger charge is -2.31. The maximum Gasteiger partial charge on any atom is 0.337 e. The summed E-state index contributed by atoms with van der Waals surface area (Å²) in [4.78, 5) is 11.8. The number of carbonyl (C=O) groups excluding carboxylic acids is 1. The zero-order valence-corrected chi connectivity index (χ0v) is 19.4. The maximum absolute atomic E-state index is 11.8. The molecule has 0 amide bonds. The zero-order valence-electron chi connectivity index (χ0n) is 19.4. The van der Waals surface area contributed by atoms with Gasteiger partial charge in [-0.1, -0.05) is 54.6 Å². The molecular formula is C28H29N3O2. The van der Waals surface area contributed by atoms with Gasteiger partial charge in [0.1, 0.15) is 0 Å². The van der Waals surface area contributed by atoms with Gasteiger partial charge in [0.15, 0.2) is 0 Å². The van der Waals surface area contributed by atoms with Crippen molar-refractivity contribution in [2.45, 2.75) is 25.9 Å². The summed E-state index contributed by atoms with van der Waals surface area (Å²) in [6.45, 7) is 4.05. The maximum atomic E-state index is 11.8. The number of methoxy groups -OCH3 is 1. The highest BCUT2D eigenvalue weighted by Gasteiger charge is 2.28. The molecule has 5 rings (SSSR count). The highest BCUT2D eigenvalue weighted by Crippen LogP contribution is 2.30. The lowest BCUT2D eigenvalue weighted by atomic mass is 10.0. The van der Waals surface area contributed by atoms with Crippen LogP contribution in [0.25, 0.3) is 10.9 Å². The molecule has 2 heterocycles. The SMILES string of the molecule is COC(=O)c1ccc(Cc2c(C)n(CCN3C4C=CC=CC4=CN3C)c3ccccc23)cc1. The predicted molar refractivity (Wildman–Crippen MR) is 132 cm³/mol. The third-order valence-corrected chi connectivity index (χ3v) is 6.77. The summed E-state index contributed by atoms with van der Waals surface area (Å²) in [5.41, 5.74) is 7.00. The van der Waals surface area contributed by atoms with Crippen LogP contribution >= 0.6 is 0 Å². The second kappa shape index (κ2) is 8.75. The monoisotopic (exact) mass is 439 g/mol. The number of hydrogen-bond acceptors (Lipinski definition) is 4. The number of rotatable bonds is 6. The fourth-order valence-corrected chi connectivity index (χ4v) is 5.02. The van der Waals surface area contributed by atoms with Gasteiger partial charge < -0.3 is 14.3 Å². The summed E-state index contributed by atoms with van der Waals surface area (Å²) in [5, 5.41) is 5.92. The molecule has 2 aliphatic rings. The van der Waals surface area contributed by atoms with Crippen LogP contribution in [-0.4, -0.2) is 47.3 Å². The van der Waals surface area contributed by atoms with E-state index in [0.717, 1.165) is 19.5 Å². The molecule has 168 valence electrons. The first-order chi connectivity index (χ1) is 16.1. The van der Waals surface area contributed by atoms with E-state index in [1.807, 2.05) is 24.3 Å². The van der Waals surface area contributed by atoms with Crippen LogP contribution in [0.5, 0.6) is 0 Å². The number of esters is 1. The Morgan fingerprint density at radius 3 is 2.61 bits per heavy atom. The van der Waals surface area contributed by atoms with Crippen molar-refractivity contribution in [3.05, 3.63) is 107 Å². The third-order valence-electron chi connectivity index (χ3n) is 6.77. The number of nitrogens with zero attached hydrogens (tertiary/aromatic N) is 3. The molecule has 1 unspecified atom stereocenters. The molecule has 0 N–H and O–H groups in total. The van der Waals surface area contributed by atoms with Crippen LogP contribution in [0, 0.1) is 6.92 Å². The number of hydrogen-bond donors (Lipinski definition) is 0. The van der Waals surface area contributed by atoms with E-state index >= 15 is 0 Å². The van der Waals surface area contributed by atoms with Crippen LogP contribution in [0.1, 0.15) is 27.2 Å². The first-order valence-electron chi connectivity index (χ1n) is 11.4. The van der Waals surface area contributed by atoms with Gasteiger partial charge in [0, 0.05) is 42.9 Å². The summed E-state index contributed by atoms with van der Waals surface area (Å²) >= 11 is 0. The minimum Gasteiger partial charge on any atom is -0.465 e. The summed E-state index contributed by atoms with van der Waals surface area (Å²) in [5.74, 6) is -0.304. The molecule has 5 heteroatoms. The second-order valence-electron chi connectivity index (χ2n) is 8.65. The van der Waals surface area contributed by atoms with Crippen molar-refractivity contribution in [2.75, 3.05) is 20.7 Å². The molecule has 33 heavy (non-hydrogen) atoms. The highest BCUT2D eigenvalue weighted by atomic mass is 16.5. The van der Waals surface area contributed by atoms with Gasteiger partial charge in [-0.2, -0.15) is 0 Å². The fraction of sp³-hybridized carbons (Fsp3) is 0.250. The van der Waals surface area contributed by atoms with E-state index in [2.05, 4.69) is 83.3 Å². The number of fused-ring (bicyclic) bond motifs is 2. The molecule has 1 atom stereocenters. The Labute approximate surface area is 194 Å². The fourth-order valence-electron chi connectivity index (χ4n) is 5.02. The van der Waals surface area contributed by atoms with Gasteiger partial charge in [-0.15, -0.1) is 0 Å². The van der Waals surface area contributed by atoms with Gasteiger partial charge >= 0.3 is 5.97 Å². The van der Waals surface area contributed by atoms with E-state index in [9.17, 15) is 4.79 Å². The predicted octanol–water partition coefficient (Wildman–Crippen LogP) is 4.87. The number of aromatic nitrogens is 1. The van der Waals surface area contributed by atoms with Gasteiger partial charge in [0.05, 0.1) is 18.7 Å². The first kappa shape index (κ1) is 21.3. The largest absolute Gasteiger partial charge is 0.465 e. The molecular weight excluding hydrogens is 410 g/mol. The van der Waals surface area contributed by atoms with Crippen LogP contribution in [0.2, 0.25) is 0 Å². The summed E-state index contributed by atoms with van der Waals surface area (Å²) in [6, 6.07) is 16.7. The van der Waals surface area contributed by atoms with Crippen LogP contribution < -0.4 is 0 Å². The normalized spacial score (nSPS) is 17.5. The molecule has 0 spiro atoms. The Hall–Kier alpha value is -3.57. The van der Waals surface area contributed by atoms with Crippen LogP contribution in [0.4, 0.5) is 0 Å². The lowest BCUT2D eigenvalue weighted by molar-refractivity contribution is 0.0509. The molecule has 2 aromatic carbocycles. The van der Waals surface area contributed by atoms with Crippen molar-refractivity contribution in [1.29, 1.82) is 0 Å². The van der Waals surface area contributed by atoms with E-state index < -0.39 is 0 Å². The van der Waals surface area contributed by atoms with E-state index in [1.54, 1.807) is 0 Å². The number of hydrazine groups is 1. The van der Waals surface area contributed by atoms with Crippen molar-refractivity contribution in [3.8, 4) is 0 Å². The smallest absolute Gasteiger partial charge is 0.337 e. The summed E-state index contributed by atoms with van der Waals surface area (Å²) < 4.78 is 7.27. The number of carbonyl (C=O) groups is 1. The highest BCUT2D eigenvalue weighted by molar-refractivity contribution is 5.89. The number of allylic oxidation sites excluding steroid dienone is 2. The number of para-hydroxylation sites is 1. The molecule has 0 fully saturated rings. The number of ether oxygens (including phenoxy) is 1. The van der Waals surface area contributed by atoms with Crippen molar-refractivity contribution >= 4 is 16.9 Å². The van der Waals surface area contributed by atoms with E-state index in [0.29, 0.717) is 11.6 Å². The van der Waals surface area contributed by atoms with Crippen molar-refractivity contribution in [2.24, 2.45) is 0 Å². The van der Waals surface area contributed by atoms with Crippen molar-refractivity contribution in [1.82, 2.24) is 14.6 Å². The molecule has 1 aliphatic carbocycles. The minimum atomic E-state index is -0.304. The minimum absolute atomic E-state index is 0.304. The Bertz CT molecular complexity index is 1280. The van der Waals surface area contributed by atoms with Gasteiger partial charge in [-0.3, -0.25) is 0 Å². The zero-order chi connectivity index (χ0) is 22.9. The summed E-state index contributed by atoms with van der Waals surface area (Å²) in [6.07, 6.45) is 11.7. The third kappa shape index (κ3) is 3.89. The molecule has 5 nitrogen and oxygen atoms in total. The molecule has 0 radical (unpaired) electrons.